The van der Waals surface area contributed by atoms with Crippen LogP contribution in [0.2, 0.25) is 0 Å². The molecule has 1 saturated heterocycles. The number of para-hydroxylation sites is 1. The number of benzene rings is 2. The Hall–Kier alpha value is -2.05. The quantitative estimate of drug-likeness (QED) is 0.762. The van der Waals surface area contributed by atoms with Crippen molar-refractivity contribution in [1.29, 1.82) is 0 Å². The number of amides is 1. The van der Waals surface area contributed by atoms with Gasteiger partial charge in [0.15, 0.2) is 0 Å². The molecule has 0 aromatic heterocycles. The van der Waals surface area contributed by atoms with E-state index in [-0.39, 0.29) is 24.0 Å². The van der Waals surface area contributed by atoms with Gasteiger partial charge in [-0.15, -0.1) is 0 Å². The van der Waals surface area contributed by atoms with E-state index in [1.807, 2.05) is 30.3 Å². The fourth-order valence-corrected chi connectivity index (χ4v) is 4.08. The third kappa shape index (κ3) is 4.27. The highest BCUT2D eigenvalue weighted by atomic mass is 35.7. The van der Waals surface area contributed by atoms with Gasteiger partial charge in [0, 0.05) is 41.3 Å². The number of carbonyl (C=O) groups excluding carboxylic acids is 1. The minimum Gasteiger partial charge on any atom is -0.457 e. The average Bonchev–Trinajstić information content (AvgIpc) is 2.87. The summed E-state index contributed by atoms with van der Waals surface area (Å²) < 4.78 is 28.2. The molecule has 3 rings (SSSR count). The molecular weight excluding hydrogens is 350 g/mol. The van der Waals surface area contributed by atoms with Gasteiger partial charge in [0.1, 0.15) is 11.5 Å². The summed E-state index contributed by atoms with van der Waals surface area (Å²) in [6.07, 6.45) is 0.176. The van der Waals surface area contributed by atoms with E-state index in [9.17, 15) is 13.2 Å². The maximum atomic E-state index is 12.2. The van der Waals surface area contributed by atoms with Crippen LogP contribution in [0.1, 0.15) is 6.42 Å². The smallest absolute Gasteiger partial charge is 0.232 e. The Bertz CT molecular complexity index is 839. The highest BCUT2D eigenvalue weighted by molar-refractivity contribution is 8.13. The molecule has 0 N–H and O–H groups in total. The zero-order valence-corrected chi connectivity index (χ0v) is 14.3. The SMILES string of the molecule is O=C1CC(CS(=O)(=O)Cl)CN1c1cccc(Oc2ccccc2)c1. The van der Waals surface area contributed by atoms with Gasteiger partial charge in [0.2, 0.25) is 15.0 Å². The molecule has 1 heterocycles. The fourth-order valence-electron chi connectivity index (χ4n) is 2.76. The Morgan fingerprint density at radius 2 is 1.79 bits per heavy atom. The first-order chi connectivity index (χ1) is 11.4. The molecule has 0 bridgehead atoms. The van der Waals surface area contributed by atoms with Crippen LogP contribution in [0, 0.1) is 5.92 Å². The molecule has 1 fully saturated rings. The van der Waals surface area contributed by atoms with E-state index in [1.54, 1.807) is 29.2 Å². The molecule has 2 aromatic carbocycles. The first-order valence-corrected chi connectivity index (χ1v) is 9.94. The predicted octanol–water partition coefficient (Wildman–Crippen LogP) is 3.40. The maximum absolute atomic E-state index is 12.2. The van der Waals surface area contributed by atoms with Crippen LogP contribution in [-0.4, -0.2) is 26.6 Å². The van der Waals surface area contributed by atoms with Crippen molar-refractivity contribution in [2.45, 2.75) is 6.42 Å². The van der Waals surface area contributed by atoms with Crippen LogP contribution in [0.25, 0.3) is 0 Å². The summed E-state index contributed by atoms with van der Waals surface area (Å²) in [5, 5.41) is 0. The lowest BCUT2D eigenvalue weighted by molar-refractivity contribution is -0.117. The summed E-state index contributed by atoms with van der Waals surface area (Å²) in [5.41, 5.74) is 0.683. The minimum absolute atomic E-state index is 0.114. The molecule has 1 aliphatic rings. The third-order valence-corrected chi connectivity index (χ3v) is 5.00. The van der Waals surface area contributed by atoms with Crippen molar-refractivity contribution in [2.75, 3.05) is 17.2 Å². The van der Waals surface area contributed by atoms with Gasteiger partial charge in [-0.1, -0.05) is 24.3 Å². The Balaban J connectivity index is 1.75. The number of hydrogen-bond donors (Lipinski definition) is 0. The summed E-state index contributed by atoms with van der Waals surface area (Å²) in [4.78, 5) is 13.8. The monoisotopic (exact) mass is 365 g/mol. The van der Waals surface area contributed by atoms with Crippen molar-refractivity contribution in [3.05, 3.63) is 54.6 Å². The molecule has 5 nitrogen and oxygen atoms in total. The maximum Gasteiger partial charge on any atom is 0.232 e. The fraction of sp³-hybridized carbons (Fsp3) is 0.235. The van der Waals surface area contributed by atoms with Gasteiger partial charge in [-0.3, -0.25) is 4.79 Å². The van der Waals surface area contributed by atoms with Gasteiger partial charge >= 0.3 is 0 Å². The van der Waals surface area contributed by atoms with Gasteiger partial charge in [0.25, 0.3) is 0 Å². The van der Waals surface area contributed by atoms with E-state index in [4.69, 9.17) is 15.4 Å². The van der Waals surface area contributed by atoms with Gasteiger partial charge in [-0.25, -0.2) is 8.42 Å². The second-order valence-electron chi connectivity index (χ2n) is 5.69. The summed E-state index contributed by atoms with van der Waals surface area (Å²) in [5.74, 6) is 0.709. The molecule has 7 heteroatoms. The summed E-state index contributed by atoms with van der Waals surface area (Å²) >= 11 is 0. The second-order valence-corrected chi connectivity index (χ2v) is 8.51. The number of nitrogens with zero attached hydrogens (tertiary/aromatic N) is 1. The van der Waals surface area contributed by atoms with E-state index in [2.05, 4.69) is 0 Å². The van der Waals surface area contributed by atoms with Gasteiger partial charge in [0.05, 0.1) is 5.75 Å². The Morgan fingerprint density at radius 1 is 1.08 bits per heavy atom. The molecule has 2 aromatic rings. The van der Waals surface area contributed by atoms with Crippen molar-refractivity contribution in [2.24, 2.45) is 5.92 Å². The first kappa shape index (κ1) is 16.8. The molecule has 0 aliphatic carbocycles. The molecule has 1 aliphatic heterocycles. The Kier molecular flexibility index (Phi) is 4.78. The van der Waals surface area contributed by atoms with E-state index < -0.39 is 9.05 Å². The Morgan fingerprint density at radius 3 is 2.50 bits per heavy atom. The highest BCUT2D eigenvalue weighted by Crippen LogP contribution is 2.30. The average molecular weight is 366 g/mol. The van der Waals surface area contributed by atoms with E-state index in [1.165, 1.54) is 0 Å². The zero-order valence-electron chi connectivity index (χ0n) is 12.8. The number of ether oxygens (including phenoxy) is 1. The highest BCUT2D eigenvalue weighted by Gasteiger charge is 2.33. The molecule has 1 atom stereocenters. The number of anilines is 1. The van der Waals surface area contributed by atoms with Crippen LogP contribution in [0.5, 0.6) is 11.5 Å². The first-order valence-electron chi connectivity index (χ1n) is 7.46. The second kappa shape index (κ2) is 6.83. The zero-order chi connectivity index (χ0) is 17.2. The van der Waals surface area contributed by atoms with Gasteiger partial charge < -0.3 is 9.64 Å². The molecule has 24 heavy (non-hydrogen) atoms. The number of hydrogen-bond acceptors (Lipinski definition) is 4. The van der Waals surface area contributed by atoms with Crippen molar-refractivity contribution in [1.82, 2.24) is 0 Å². The van der Waals surface area contributed by atoms with Gasteiger partial charge in [-0.05, 0) is 24.3 Å². The standard InChI is InChI=1S/C17H16ClNO4S/c18-24(21,22)12-13-9-17(20)19(11-13)14-5-4-8-16(10-14)23-15-6-2-1-3-7-15/h1-8,10,13H,9,11-12H2. The van der Waals surface area contributed by atoms with E-state index in [0.29, 0.717) is 23.7 Å². The molecule has 0 radical (unpaired) electrons. The van der Waals surface area contributed by atoms with Crippen molar-refractivity contribution in [3.63, 3.8) is 0 Å². The van der Waals surface area contributed by atoms with Crippen molar-refractivity contribution in [3.8, 4) is 11.5 Å². The molecule has 1 amide bonds. The van der Waals surface area contributed by atoms with Crippen molar-refractivity contribution >= 4 is 31.3 Å². The Labute approximate surface area is 145 Å². The summed E-state index contributed by atoms with van der Waals surface area (Å²) in [6.45, 7) is 0.333. The number of rotatable bonds is 5. The van der Waals surface area contributed by atoms with Crippen LogP contribution < -0.4 is 9.64 Å². The lowest BCUT2D eigenvalue weighted by Gasteiger charge is -2.17. The largest absolute Gasteiger partial charge is 0.457 e. The molecule has 0 spiro atoms. The van der Waals surface area contributed by atoms with Crippen LogP contribution in [0.3, 0.4) is 0 Å². The van der Waals surface area contributed by atoms with Crippen LogP contribution in [0.4, 0.5) is 5.69 Å². The predicted molar refractivity (Wildman–Crippen MR) is 93.1 cm³/mol. The van der Waals surface area contributed by atoms with Gasteiger partial charge in [-0.2, -0.15) is 0 Å². The van der Waals surface area contributed by atoms with Crippen LogP contribution in [0.15, 0.2) is 54.6 Å². The molecule has 1 unspecified atom stereocenters. The van der Waals surface area contributed by atoms with Crippen LogP contribution in [-0.2, 0) is 13.8 Å². The minimum atomic E-state index is -3.62. The normalized spacial score (nSPS) is 18.0. The lowest BCUT2D eigenvalue weighted by Crippen LogP contribution is -2.25. The van der Waals surface area contributed by atoms with E-state index in [0.717, 1.165) is 0 Å². The summed E-state index contributed by atoms with van der Waals surface area (Å²) in [6, 6.07) is 16.5. The van der Waals surface area contributed by atoms with E-state index >= 15 is 0 Å². The molecular formula is C17H16ClNO4S. The lowest BCUT2D eigenvalue weighted by atomic mass is 10.1. The third-order valence-electron chi connectivity index (χ3n) is 3.75. The van der Waals surface area contributed by atoms with Crippen molar-refractivity contribution < 1.29 is 17.9 Å². The van der Waals surface area contributed by atoms with Crippen LogP contribution >= 0.6 is 10.7 Å². The number of halogens is 1. The topological polar surface area (TPSA) is 63.7 Å². The molecule has 126 valence electrons. The summed E-state index contributed by atoms with van der Waals surface area (Å²) in [7, 11) is 1.68. The molecule has 0 saturated carbocycles. The number of carbonyl (C=O) groups is 1.